The molecular weight excluding hydrogens is 150 g/mol. The third-order valence-corrected chi connectivity index (χ3v) is 2.34. The summed E-state index contributed by atoms with van der Waals surface area (Å²) in [6, 6.07) is 0.246. The van der Waals surface area contributed by atoms with Crippen LogP contribution in [0.3, 0.4) is 0 Å². The molecule has 9 heavy (non-hydrogen) atoms. The van der Waals surface area contributed by atoms with E-state index >= 15 is 0 Å². The fraction of sp³-hybridized carbons (Fsp3) is 1.00. The van der Waals surface area contributed by atoms with Gasteiger partial charge in [-0.05, 0) is 18.1 Å². The zero-order valence-electron chi connectivity index (χ0n) is 5.75. The summed E-state index contributed by atoms with van der Waals surface area (Å²) in [5, 5.41) is 0. The average molecular weight is 165 g/mol. The standard InChI is InChI=1S/C6H15NS2/c1-5(3-8)2-6(7)4-9/h5-6,8-9H,2-4,7H2,1H3. The summed E-state index contributed by atoms with van der Waals surface area (Å²) < 4.78 is 0. The highest BCUT2D eigenvalue weighted by atomic mass is 32.1. The third kappa shape index (κ3) is 5.12. The van der Waals surface area contributed by atoms with Crippen molar-refractivity contribution >= 4 is 25.3 Å². The molecule has 0 heterocycles. The molecule has 1 nitrogen and oxygen atoms in total. The number of thiol groups is 2. The van der Waals surface area contributed by atoms with Crippen LogP contribution in [0, 0.1) is 5.92 Å². The Kier molecular flexibility index (Phi) is 5.84. The van der Waals surface area contributed by atoms with Gasteiger partial charge in [0, 0.05) is 11.8 Å². The lowest BCUT2D eigenvalue weighted by atomic mass is 10.1. The van der Waals surface area contributed by atoms with Gasteiger partial charge in [0.1, 0.15) is 0 Å². The van der Waals surface area contributed by atoms with Gasteiger partial charge in [0.2, 0.25) is 0 Å². The highest BCUT2D eigenvalue weighted by Gasteiger charge is 2.04. The zero-order valence-corrected chi connectivity index (χ0v) is 7.54. The molecule has 0 aliphatic heterocycles. The minimum Gasteiger partial charge on any atom is -0.327 e. The monoisotopic (exact) mass is 165 g/mol. The van der Waals surface area contributed by atoms with Crippen LogP contribution in [0.4, 0.5) is 0 Å². The lowest BCUT2D eigenvalue weighted by Gasteiger charge is -2.12. The topological polar surface area (TPSA) is 26.0 Å². The Bertz CT molecular complexity index is 60.1. The molecule has 56 valence electrons. The maximum Gasteiger partial charge on any atom is 0.0130 e. The molecule has 0 bridgehead atoms. The first-order chi connectivity index (χ1) is 4.20. The first-order valence-corrected chi connectivity index (χ1v) is 4.44. The Labute approximate surface area is 68.2 Å². The van der Waals surface area contributed by atoms with Crippen molar-refractivity contribution in [1.29, 1.82) is 0 Å². The summed E-state index contributed by atoms with van der Waals surface area (Å²) in [5.41, 5.74) is 5.64. The van der Waals surface area contributed by atoms with Crippen LogP contribution in [0.5, 0.6) is 0 Å². The van der Waals surface area contributed by atoms with Crippen molar-refractivity contribution in [2.24, 2.45) is 11.7 Å². The number of nitrogens with two attached hydrogens (primary N) is 1. The van der Waals surface area contributed by atoms with Gasteiger partial charge in [-0.1, -0.05) is 6.92 Å². The van der Waals surface area contributed by atoms with Crippen LogP contribution >= 0.6 is 25.3 Å². The van der Waals surface area contributed by atoms with E-state index in [9.17, 15) is 0 Å². The molecule has 0 fully saturated rings. The average Bonchev–Trinajstić information content (AvgIpc) is 1.87. The molecule has 2 unspecified atom stereocenters. The number of rotatable bonds is 4. The summed E-state index contributed by atoms with van der Waals surface area (Å²) >= 11 is 8.23. The van der Waals surface area contributed by atoms with E-state index in [1.165, 1.54) is 0 Å². The lowest BCUT2D eigenvalue weighted by Crippen LogP contribution is -2.24. The van der Waals surface area contributed by atoms with E-state index in [0.29, 0.717) is 5.92 Å². The Morgan fingerprint density at radius 3 is 2.22 bits per heavy atom. The molecule has 0 aromatic heterocycles. The van der Waals surface area contributed by atoms with E-state index in [1.807, 2.05) is 0 Å². The van der Waals surface area contributed by atoms with Crippen LogP contribution in [-0.4, -0.2) is 17.5 Å². The van der Waals surface area contributed by atoms with E-state index in [-0.39, 0.29) is 6.04 Å². The molecule has 0 saturated heterocycles. The first-order valence-electron chi connectivity index (χ1n) is 3.18. The molecule has 0 aliphatic carbocycles. The van der Waals surface area contributed by atoms with Gasteiger partial charge >= 0.3 is 0 Å². The summed E-state index contributed by atoms with van der Waals surface area (Å²) in [6.07, 6.45) is 1.03. The molecule has 0 amide bonds. The Balaban J connectivity index is 3.22. The maximum atomic E-state index is 5.64. The van der Waals surface area contributed by atoms with Crippen molar-refractivity contribution in [2.45, 2.75) is 19.4 Å². The molecule has 0 rings (SSSR count). The van der Waals surface area contributed by atoms with Crippen LogP contribution < -0.4 is 5.73 Å². The van der Waals surface area contributed by atoms with Gasteiger partial charge in [-0.15, -0.1) is 0 Å². The second-order valence-corrected chi connectivity index (χ2v) is 3.20. The summed E-state index contributed by atoms with van der Waals surface area (Å²) in [6.45, 7) is 2.15. The molecule has 2 atom stereocenters. The van der Waals surface area contributed by atoms with E-state index in [0.717, 1.165) is 17.9 Å². The van der Waals surface area contributed by atoms with Crippen molar-refractivity contribution < 1.29 is 0 Å². The van der Waals surface area contributed by atoms with Gasteiger partial charge < -0.3 is 5.73 Å². The molecule has 0 spiro atoms. The maximum absolute atomic E-state index is 5.64. The predicted molar refractivity (Wildman–Crippen MR) is 49.5 cm³/mol. The van der Waals surface area contributed by atoms with Crippen LogP contribution in [-0.2, 0) is 0 Å². The minimum absolute atomic E-state index is 0.246. The molecule has 0 aromatic rings. The fourth-order valence-electron chi connectivity index (χ4n) is 0.666. The largest absolute Gasteiger partial charge is 0.327 e. The highest BCUT2D eigenvalue weighted by molar-refractivity contribution is 7.80. The second kappa shape index (κ2) is 5.45. The minimum atomic E-state index is 0.246. The first kappa shape index (κ1) is 9.66. The summed E-state index contributed by atoms with van der Waals surface area (Å²) in [5.74, 6) is 2.31. The van der Waals surface area contributed by atoms with Gasteiger partial charge in [0.15, 0.2) is 0 Å². The predicted octanol–water partition coefficient (Wildman–Crippen LogP) is 1.20. The quantitative estimate of drug-likeness (QED) is 0.536. The number of hydrogen-bond acceptors (Lipinski definition) is 3. The highest BCUT2D eigenvalue weighted by Crippen LogP contribution is 2.06. The molecule has 0 aromatic carbocycles. The smallest absolute Gasteiger partial charge is 0.0130 e. The van der Waals surface area contributed by atoms with Crippen LogP contribution in [0.1, 0.15) is 13.3 Å². The summed E-state index contributed by atoms with van der Waals surface area (Å²) in [4.78, 5) is 0. The second-order valence-electron chi connectivity index (χ2n) is 2.47. The molecule has 0 saturated carbocycles. The van der Waals surface area contributed by atoms with E-state index in [2.05, 4.69) is 32.2 Å². The summed E-state index contributed by atoms with van der Waals surface area (Å²) in [7, 11) is 0. The van der Waals surface area contributed by atoms with Gasteiger partial charge in [0.05, 0.1) is 0 Å². The molecular formula is C6H15NS2. The molecule has 3 heteroatoms. The van der Waals surface area contributed by atoms with Crippen LogP contribution in [0.15, 0.2) is 0 Å². The Morgan fingerprint density at radius 2 is 1.89 bits per heavy atom. The van der Waals surface area contributed by atoms with E-state index in [1.54, 1.807) is 0 Å². The fourth-order valence-corrected chi connectivity index (χ4v) is 0.964. The van der Waals surface area contributed by atoms with Crippen molar-refractivity contribution in [3.8, 4) is 0 Å². The van der Waals surface area contributed by atoms with E-state index in [4.69, 9.17) is 5.73 Å². The van der Waals surface area contributed by atoms with Gasteiger partial charge in [-0.25, -0.2) is 0 Å². The SMILES string of the molecule is CC(CS)CC(N)CS. The van der Waals surface area contributed by atoms with Crippen molar-refractivity contribution in [2.75, 3.05) is 11.5 Å². The molecule has 2 N–H and O–H groups in total. The van der Waals surface area contributed by atoms with Gasteiger partial charge in [-0.3, -0.25) is 0 Å². The Hall–Kier alpha value is 0.660. The normalized spacial score (nSPS) is 17.3. The van der Waals surface area contributed by atoms with Crippen LogP contribution in [0.25, 0.3) is 0 Å². The Morgan fingerprint density at radius 1 is 1.33 bits per heavy atom. The van der Waals surface area contributed by atoms with E-state index < -0.39 is 0 Å². The number of hydrogen-bond donors (Lipinski definition) is 3. The van der Waals surface area contributed by atoms with Gasteiger partial charge in [0.25, 0.3) is 0 Å². The molecule has 0 radical (unpaired) electrons. The van der Waals surface area contributed by atoms with Crippen molar-refractivity contribution in [3.05, 3.63) is 0 Å². The van der Waals surface area contributed by atoms with Gasteiger partial charge in [-0.2, -0.15) is 25.3 Å². The van der Waals surface area contributed by atoms with Crippen molar-refractivity contribution in [1.82, 2.24) is 0 Å². The van der Waals surface area contributed by atoms with Crippen LogP contribution in [0.2, 0.25) is 0 Å². The lowest BCUT2D eigenvalue weighted by molar-refractivity contribution is 0.533. The third-order valence-electron chi connectivity index (χ3n) is 1.25. The zero-order chi connectivity index (χ0) is 7.28. The molecule has 0 aliphatic rings. The van der Waals surface area contributed by atoms with Crippen molar-refractivity contribution in [3.63, 3.8) is 0 Å².